The second-order valence-electron chi connectivity index (χ2n) is 8.99. The molecule has 1 heterocycles. The van der Waals surface area contributed by atoms with Crippen molar-refractivity contribution >= 4 is 45.4 Å². The maximum atomic E-state index is 13.6. The number of benzene rings is 3. The van der Waals surface area contributed by atoms with Crippen LogP contribution in [0.3, 0.4) is 0 Å². The van der Waals surface area contributed by atoms with Gasteiger partial charge in [-0.2, -0.15) is 26.3 Å². The summed E-state index contributed by atoms with van der Waals surface area (Å²) in [4.78, 5) is 10.4. The van der Waals surface area contributed by atoms with Gasteiger partial charge < -0.3 is 9.84 Å². The number of sulfonamides is 1. The summed E-state index contributed by atoms with van der Waals surface area (Å²) in [5, 5.41) is 8.87. The fraction of sp³-hybridized carbons (Fsp3) is 0.222. The maximum Gasteiger partial charge on any atom is 0.417 e. The molecule has 0 fully saturated rings. The first-order valence-electron chi connectivity index (χ1n) is 11.8. The predicted octanol–water partition coefficient (Wildman–Crippen LogP) is 7.37. The van der Waals surface area contributed by atoms with E-state index in [-0.39, 0.29) is 40.4 Å². The van der Waals surface area contributed by atoms with Crippen molar-refractivity contribution in [2.24, 2.45) is 0 Å². The number of rotatable bonds is 7. The van der Waals surface area contributed by atoms with Gasteiger partial charge in [-0.1, -0.05) is 42.0 Å². The van der Waals surface area contributed by atoms with Gasteiger partial charge >= 0.3 is 18.3 Å². The number of carboxylic acid groups (broad SMARTS) is 1. The number of carboxylic acids is 1. The van der Waals surface area contributed by atoms with Gasteiger partial charge in [-0.3, -0.25) is 9.10 Å². The monoisotopic (exact) mass is 619 g/mol. The minimum atomic E-state index is -4.82. The minimum Gasteiger partial charge on any atom is -0.486 e. The smallest absolute Gasteiger partial charge is 0.417 e. The number of carbonyl (C=O) groups is 1. The van der Waals surface area contributed by atoms with Crippen LogP contribution < -0.4 is 9.04 Å². The van der Waals surface area contributed by atoms with Crippen molar-refractivity contribution in [3.8, 4) is 5.75 Å². The molecule has 1 aliphatic rings. The highest BCUT2D eigenvalue weighted by Crippen LogP contribution is 2.41. The van der Waals surface area contributed by atoms with Crippen molar-refractivity contribution in [1.82, 2.24) is 0 Å². The van der Waals surface area contributed by atoms with Gasteiger partial charge in [0.05, 0.1) is 28.3 Å². The van der Waals surface area contributed by atoms with Crippen LogP contribution >= 0.6 is 11.6 Å². The predicted molar refractivity (Wildman–Crippen MR) is 139 cm³/mol. The van der Waals surface area contributed by atoms with E-state index in [9.17, 15) is 39.6 Å². The first-order valence-corrected chi connectivity index (χ1v) is 13.7. The second kappa shape index (κ2) is 11.3. The Kier molecular flexibility index (Phi) is 8.33. The summed E-state index contributed by atoms with van der Waals surface area (Å²) in [7, 11) is -4.63. The zero-order chi connectivity index (χ0) is 30.2. The molecule has 14 heteroatoms. The molecule has 0 aromatic heterocycles. The van der Waals surface area contributed by atoms with Crippen molar-refractivity contribution in [3.05, 3.63) is 87.9 Å². The number of fused-ring (bicyclic) bond motifs is 1. The highest BCUT2D eigenvalue weighted by molar-refractivity contribution is 7.92. The lowest BCUT2D eigenvalue weighted by Gasteiger charge is -2.35. The number of aliphatic carboxylic acids is 1. The van der Waals surface area contributed by atoms with Crippen LogP contribution in [0.5, 0.6) is 5.75 Å². The van der Waals surface area contributed by atoms with Gasteiger partial charge in [0.1, 0.15) is 11.9 Å². The fourth-order valence-electron chi connectivity index (χ4n) is 4.19. The quantitative estimate of drug-likeness (QED) is 0.221. The highest BCUT2D eigenvalue weighted by Gasteiger charge is 2.37. The number of ether oxygens (including phenoxy) is 1. The Bertz CT molecular complexity index is 1600. The Balaban J connectivity index is 1.78. The van der Waals surface area contributed by atoms with E-state index in [1.165, 1.54) is 30.3 Å². The number of alkyl halides is 6. The summed E-state index contributed by atoms with van der Waals surface area (Å²) in [6.07, 6.45) is -8.55. The third-order valence-electron chi connectivity index (χ3n) is 6.15. The number of hydrogen-bond donors (Lipinski definition) is 1. The molecule has 3 aromatic carbocycles. The van der Waals surface area contributed by atoms with Gasteiger partial charge in [0, 0.05) is 17.0 Å². The van der Waals surface area contributed by atoms with E-state index in [2.05, 4.69) is 0 Å². The zero-order valence-corrected chi connectivity index (χ0v) is 22.3. The van der Waals surface area contributed by atoms with Crippen molar-refractivity contribution in [2.45, 2.75) is 36.2 Å². The van der Waals surface area contributed by atoms with Gasteiger partial charge in [-0.15, -0.1) is 0 Å². The Hall–Kier alpha value is -3.71. The molecule has 0 amide bonds. The van der Waals surface area contributed by atoms with Crippen LogP contribution in [0.2, 0.25) is 5.02 Å². The molecule has 3 aromatic rings. The molecule has 0 unspecified atom stereocenters. The molecule has 0 spiro atoms. The van der Waals surface area contributed by atoms with Gasteiger partial charge in [-0.05, 0) is 54.4 Å². The van der Waals surface area contributed by atoms with Crippen molar-refractivity contribution in [2.75, 3.05) is 10.8 Å². The molecular weight excluding hydrogens is 600 g/mol. The van der Waals surface area contributed by atoms with Crippen LogP contribution in [0.25, 0.3) is 12.2 Å². The largest absolute Gasteiger partial charge is 0.486 e. The lowest BCUT2D eigenvalue weighted by atomic mass is 10.0. The molecule has 0 radical (unpaired) electrons. The molecular formula is C27H20ClF6NO5S. The fourth-order valence-corrected chi connectivity index (χ4v) is 5.97. The second-order valence-corrected chi connectivity index (χ2v) is 11.3. The third kappa shape index (κ3) is 6.79. The van der Waals surface area contributed by atoms with Crippen molar-refractivity contribution in [1.29, 1.82) is 0 Å². The highest BCUT2D eigenvalue weighted by atomic mass is 35.5. The molecule has 4 rings (SSSR count). The van der Waals surface area contributed by atoms with E-state index in [4.69, 9.17) is 21.4 Å². The Morgan fingerprint density at radius 1 is 1.00 bits per heavy atom. The summed E-state index contributed by atoms with van der Waals surface area (Å²) < 4.78 is 114. The summed E-state index contributed by atoms with van der Waals surface area (Å²) in [5.41, 5.74) is -2.36. The van der Waals surface area contributed by atoms with Crippen LogP contribution in [-0.4, -0.2) is 32.1 Å². The van der Waals surface area contributed by atoms with Gasteiger partial charge in [0.2, 0.25) is 0 Å². The Labute approximate surface area is 235 Å². The molecule has 0 saturated carbocycles. The lowest BCUT2D eigenvalue weighted by Crippen LogP contribution is -2.43. The third-order valence-corrected chi connectivity index (χ3v) is 8.25. The molecule has 1 N–H and O–H groups in total. The Morgan fingerprint density at radius 3 is 2.37 bits per heavy atom. The van der Waals surface area contributed by atoms with Crippen molar-refractivity contribution < 1.29 is 49.4 Å². The SMILES string of the molecule is O=C(O)CC[C@H]1CN(S(=O)(=O)c2cccc(C(F)(F)F)c2)c2cc(/C=C/c3c(Cl)cccc3C(F)(F)F)ccc2O1. The van der Waals surface area contributed by atoms with Crippen molar-refractivity contribution in [3.63, 3.8) is 0 Å². The first-order chi connectivity index (χ1) is 19.1. The van der Waals surface area contributed by atoms with E-state index < -0.39 is 57.0 Å². The van der Waals surface area contributed by atoms with E-state index in [1.807, 2.05) is 0 Å². The van der Waals surface area contributed by atoms with E-state index >= 15 is 0 Å². The standard InChI is InChI=1S/C27H20ClF6NO5S/c28-22-6-2-5-21(27(32,33)34)20(22)10-7-16-8-11-24-23(13-16)35(15-18(40-24)9-12-25(36)37)41(38,39)19-4-1-3-17(14-19)26(29,30)31/h1-8,10-11,13-14,18H,9,12,15H2,(H,36,37)/b10-7+/t18-/m0/s1. The van der Waals surface area contributed by atoms with E-state index in [0.29, 0.717) is 6.07 Å². The lowest BCUT2D eigenvalue weighted by molar-refractivity contribution is -0.138. The van der Waals surface area contributed by atoms with Crippen LogP contribution in [-0.2, 0) is 27.2 Å². The topological polar surface area (TPSA) is 83.9 Å². The first kappa shape index (κ1) is 30.3. The number of nitrogens with zero attached hydrogens (tertiary/aromatic N) is 1. The molecule has 1 atom stereocenters. The number of halogens is 7. The van der Waals surface area contributed by atoms with Gasteiger partial charge in [-0.25, -0.2) is 8.42 Å². The van der Waals surface area contributed by atoms with Crippen LogP contribution in [0, 0.1) is 0 Å². The van der Waals surface area contributed by atoms with Gasteiger partial charge in [0.15, 0.2) is 0 Å². The molecule has 0 bridgehead atoms. The average molecular weight is 620 g/mol. The normalized spacial score (nSPS) is 16.0. The molecule has 0 saturated heterocycles. The van der Waals surface area contributed by atoms with Gasteiger partial charge in [0.25, 0.3) is 10.0 Å². The molecule has 6 nitrogen and oxygen atoms in total. The van der Waals surface area contributed by atoms with Crippen LogP contribution in [0.15, 0.2) is 65.6 Å². The van der Waals surface area contributed by atoms with E-state index in [0.717, 1.165) is 40.7 Å². The van der Waals surface area contributed by atoms with Crippen LogP contribution in [0.4, 0.5) is 32.0 Å². The summed E-state index contributed by atoms with van der Waals surface area (Å²) >= 11 is 6.00. The molecule has 41 heavy (non-hydrogen) atoms. The molecule has 0 aliphatic carbocycles. The maximum absolute atomic E-state index is 13.6. The van der Waals surface area contributed by atoms with Crippen LogP contribution in [0.1, 0.15) is 35.1 Å². The number of anilines is 1. The van der Waals surface area contributed by atoms with E-state index in [1.54, 1.807) is 0 Å². The Morgan fingerprint density at radius 2 is 1.71 bits per heavy atom. The average Bonchev–Trinajstić information content (AvgIpc) is 2.89. The molecule has 218 valence electrons. The zero-order valence-electron chi connectivity index (χ0n) is 20.7. The molecule has 1 aliphatic heterocycles. The summed E-state index contributed by atoms with van der Waals surface area (Å²) in [6.45, 7) is -0.422. The number of hydrogen-bond acceptors (Lipinski definition) is 4. The minimum absolute atomic E-state index is 0.00642. The summed E-state index contributed by atoms with van der Waals surface area (Å²) in [6, 6.07) is 10.5. The summed E-state index contributed by atoms with van der Waals surface area (Å²) in [5.74, 6) is -1.17.